The largest absolute Gasteiger partial charge is 0.465 e. The Morgan fingerprint density at radius 1 is 1.05 bits per heavy atom. The van der Waals surface area contributed by atoms with Crippen molar-refractivity contribution >= 4 is 17.9 Å². The Bertz CT molecular complexity index is 662. The lowest BCUT2D eigenvalue weighted by Crippen LogP contribution is -1.99. The summed E-state index contributed by atoms with van der Waals surface area (Å²) in [6.07, 6.45) is 1.87. The summed E-state index contributed by atoms with van der Waals surface area (Å²) in [5.41, 5.74) is 6.15. The molecule has 0 bridgehead atoms. The van der Waals surface area contributed by atoms with Crippen molar-refractivity contribution in [1.29, 1.82) is 0 Å². The molecule has 0 saturated heterocycles. The highest BCUT2D eigenvalue weighted by Crippen LogP contribution is 2.17. The molecule has 0 unspecified atom stereocenters. The average Bonchev–Trinajstić information content (AvgIpc) is 2.46. The third-order valence-electron chi connectivity index (χ3n) is 3.37. The number of aliphatic imine (C=N–C) groups is 1. The first kappa shape index (κ1) is 15.0. The second-order valence-corrected chi connectivity index (χ2v) is 5.11. The number of methoxy groups -OCH3 is 1. The standard InChI is InChI=1S/C18H19NO2/c1-12-9-13(2)17(14(3)10-12)11-19-16-7-5-15(6-8-16)18(20)21-4/h5-11H,1-4H3. The average molecular weight is 281 g/mol. The van der Waals surface area contributed by atoms with Gasteiger partial charge in [0.15, 0.2) is 0 Å². The Morgan fingerprint density at radius 3 is 2.14 bits per heavy atom. The molecule has 0 radical (unpaired) electrons. The van der Waals surface area contributed by atoms with Crippen molar-refractivity contribution in [1.82, 2.24) is 0 Å². The van der Waals surface area contributed by atoms with Crippen molar-refractivity contribution in [3.63, 3.8) is 0 Å². The maximum absolute atomic E-state index is 11.4. The van der Waals surface area contributed by atoms with Crippen molar-refractivity contribution in [2.45, 2.75) is 20.8 Å². The summed E-state index contributed by atoms with van der Waals surface area (Å²) in [5, 5.41) is 0. The van der Waals surface area contributed by atoms with Gasteiger partial charge in [-0.05, 0) is 61.7 Å². The number of benzene rings is 2. The molecule has 0 fully saturated rings. The van der Waals surface area contributed by atoms with Gasteiger partial charge in [0.05, 0.1) is 18.4 Å². The van der Waals surface area contributed by atoms with Crippen LogP contribution in [0, 0.1) is 20.8 Å². The molecule has 2 aromatic rings. The summed E-state index contributed by atoms with van der Waals surface area (Å²) in [6.45, 7) is 6.26. The van der Waals surface area contributed by atoms with E-state index in [1.165, 1.54) is 23.8 Å². The van der Waals surface area contributed by atoms with E-state index in [2.05, 4.69) is 42.6 Å². The number of nitrogens with zero attached hydrogens (tertiary/aromatic N) is 1. The molecule has 0 aliphatic rings. The van der Waals surface area contributed by atoms with Crippen LogP contribution in [0.5, 0.6) is 0 Å². The van der Waals surface area contributed by atoms with Crippen LogP contribution in [0.15, 0.2) is 41.4 Å². The van der Waals surface area contributed by atoms with Gasteiger partial charge in [-0.3, -0.25) is 4.99 Å². The second kappa shape index (κ2) is 6.35. The minimum Gasteiger partial charge on any atom is -0.465 e. The summed E-state index contributed by atoms with van der Waals surface area (Å²) in [6, 6.07) is 11.3. The van der Waals surface area contributed by atoms with Crippen molar-refractivity contribution in [2.24, 2.45) is 4.99 Å². The smallest absolute Gasteiger partial charge is 0.337 e. The SMILES string of the molecule is COC(=O)c1ccc(N=Cc2c(C)cc(C)cc2C)cc1. The highest BCUT2D eigenvalue weighted by Gasteiger charge is 2.04. The van der Waals surface area contributed by atoms with Gasteiger partial charge in [0.2, 0.25) is 0 Å². The molecule has 0 aromatic heterocycles. The molecule has 2 rings (SSSR count). The maximum Gasteiger partial charge on any atom is 0.337 e. The Morgan fingerprint density at radius 2 is 1.62 bits per heavy atom. The number of carbonyl (C=O) groups is 1. The second-order valence-electron chi connectivity index (χ2n) is 5.11. The molecular weight excluding hydrogens is 262 g/mol. The van der Waals surface area contributed by atoms with E-state index in [1.807, 2.05) is 18.3 Å². The molecule has 0 spiro atoms. The molecule has 108 valence electrons. The quantitative estimate of drug-likeness (QED) is 0.626. The van der Waals surface area contributed by atoms with Crippen LogP contribution in [0.3, 0.4) is 0 Å². The van der Waals surface area contributed by atoms with Crippen LogP contribution in [0.25, 0.3) is 0 Å². The van der Waals surface area contributed by atoms with Gasteiger partial charge in [0, 0.05) is 6.21 Å². The van der Waals surface area contributed by atoms with Crippen LogP contribution in [-0.4, -0.2) is 19.3 Å². The van der Waals surface area contributed by atoms with Gasteiger partial charge in [-0.25, -0.2) is 4.79 Å². The van der Waals surface area contributed by atoms with E-state index in [-0.39, 0.29) is 5.97 Å². The summed E-state index contributed by atoms with van der Waals surface area (Å²) in [4.78, 5) is 15.8. The molecule has 0 saturated carbocycles. The molecule has 2 aromatic carbocycles. The highest BCUT2D eigenvalue weighted by atomic mass is 16.5. The molecule has 0 aliphatic carbocycles. The van der Waals surface area contributed by atoms with Crippen molar-refractivity contribution < 1.29 is 9.53 Å². The minimum atomic E-state index is -0.337. The maximum atomic E-state index is 11.4. The lowest BCUT2D eigenvalue weighted by Gasteiger charge is -2.06. The fourth-order valence-electron chi connectivity index (χ4n) is 2.34. The first-order chi connectivity index (χ1) is 10.0. The van der Waals surface area contributed by atoms with E-state index in [1.54, 1.807) is 12.1 Å². The van der Waals surface area contributed by atoms with E-state index in [4.69, 9.17) is 0 Å². The number of rotatable bonds is 3. The summed E-state index contributed by atoms with van der Waals surface area (Å²) < 4.78 is 4.67. The van der Waals surface area contributed by atoms with Crippen LogP contribution in [-0.2, 0) is 4.74 Å². The minimum absolute atomic E-state index is 0.337. The zero-order valence-corrected chi connectivity index (χ0v) is 12.8. The Balaban J connectivity index is 2.24. The van der Waals surface area contributed by atoms with E-state index in [9.17, 15) is 4.79 Å². The topological polar surface area (TPSA) is 38.7 Å². The van der Waals surface area contributed by atoms with Gasteiger partial charge in [-0.15, -0.1) is 0 Å². The molecule has 3 heteroatoms. The predicted octanol–water partition coefficient (Wildman–Crippen LogP) is 4.15. The monoisotopic (exact) mass is 281 g/mol. The highest BCUT2D eigenvalue weighted by molar-refractivity contribution is 5.90. The number of ether oxygens (including phenoxy) is 1. The number of aryl methyl sites for hydroxylation is 3. The molecule has 0 amide bonds. The summed E-state index contributed by atoms with van der Waals surface area (Å²) >= 11 is 0. The van der Waals surface area contributed by atoms with E-state index in [0.29, 0.717) is 5.56 Å². The normalized spacial score (nSPS) is 10.9. The van der Waals surface area contributed by atoms with Gasteiger partial charge >= 0.3 is 5.97 Å². The van der Waals surface area contributed by atoms with Crippen molar-refractivity contribution in [3.8, 4) is 0 Å². The zero-order chi connectivity index (χ0) is 15.4. The summed E-state index contributed by atoms with van der Waals surface area (Å²) in [5.74, 6) is -0.337. The van der Waals surface area contributed by atoms with Gasteiger partial charge < -0.3 is 4.74 Å². The van der Waals surface area contributed by atoms with E-state index >= 15 is 0 Å². The van der Waals surface area contributed by atoms with E-state index < -0.39 is 0 Å². The van der Waals surface area contributed by atoms with Gasteiger partial charge in [0.1, 0.15) is 0 Å². The van der Waals surface area contributed by atoms with Crippen LogP contribution < -0.4 is 0 Å². The molecule has 0 atom stereocenters. The Labute approximate surface area is 125 Å². The molecular formula is C18H19NO2. The van der Waals surface area contributed by atoms with Crippen LogP contribution in [0.2, 0.25) is 0 Å². The van der Waals surface area contributed by atoms with Crippen LogP contribution >= 0.6 is 0 Å². The van der Waals surface area contributed by atoms with Crippen LogP contribution in [0.1, 0.15) is 32.6 Å². The summed E-state index contributed by atoms with van der Waals surface area (Å²) in [7, 11) is 1.37. The third kappa shape index (κ3) is 3.57. The fraction of sp³-hybridized carbons (Fsp3) is 0.222. The molecule has 21 heavy (non-hydrogen) atoms. The first-order valence-corrected chi connectivity index (χ1v) is 6.81. The Kier molecular flexibility index (Phi) is 4.53. The number of carbonyl (C=O) groups excluding carboxylic acids is 1. The molecule has 0 heterocycles. The molecule has 0 N–H and O–H groups in total. The lowest BCUT2D eigenvalue weighted by molar-refractivity contribution is 0.0601. The Hall–Kier alpha value is -2.42. The fourth-order valence-corrected chi connectivity index (χ4v) is 2.34. The number of hydrogen-bond acceptors (Lipinski definition) is 3. The zero-order valence-electron chi connectivity index (χ0n) is 12.8. The van der Waals surface area contributed by atoms with Crippen molar-refractivity contribution in [2.75, 3.05) is 7.11 Å². The third-order valence-corrected chi connectivity index (χ3v) is 3.37. The number of esters is 1. The first-order valence-electron chi connectivity index (χ1n) is 6.81. The van der Waals surface area contributed by atoms with Gasteiger partial charge in [-0.2, -0.15) is 0 Å². The van der Waals surface area contributed by atoms with E-state index in [0.717, 1.165) is 11.3 Å². The van der Waals surface area contributed by atoms with Crippen LogP contribution in [0.4, 0.5) is 5.69 Å². The lowest BCUT2D eigenvalue weighted by atomic mass is 10.0. The molecule has 0 aliphatic heterocycles. The number of hydrogen-bond donors (Lipinski definition) is 0. The predicted molar refractivity (Wildman–Crippen MR) is 85.7 cm³/mol. The molecule has 3 nitrogen and oxygen atoms in total. The van der Waals surface area contributed by atoms with Gasteiger partial charge in [0.25, 0.3) is 0 Å². The van der Waals surface area contributed by atoms with Crippen molar-refractivity contribution in [3.05, 3.63) is 64.2 Å². The van der Waals surface area contributed by atoms with Gasteiger partial charge in [-0.1, -0.05) is 17.7 Å².